The van der Waals surface area contributed by atoms with Crippen molar-refractivity contribution in [3.05, 3.63) is 77.5 Å². The zero-order valence-electron chi connectivity index (χ0n) is 16.1. The zero-order valence-corrected chi connectivity index (χ0v) is 16.1. The highest BCUT2D eigenvalue weighted by molar-refractivity contribution is 5.52. The van der Waals surface area contributed by atoms with E-state index in [0.29, 0.717) is 19.5 Å². The number of aromatic nitrogens is 1. The molecule has 0 saturated heterocycles. The van der Waals surface area contributed by atoms with E-state index in [9.17, 15) is 9.18 Å². The number of carbonyl (C=O) groups excluding carboxylic acids is 1. The van der Waals surface area contributed by atoms with Gasteiger partial charge in [-0.1, -0.05) is 18.7 Å². The van der Waals surface area contributed by atoms with Gasteiger partial charge in [0.2, 0.25) is 0 Å². The normalized spacial score (nSPS) is 13.7. The maximum Gasteiger partial charge on any atom is 0.132 e. The lowest BCUT2D eigenvalue weighted by molar-refractivity contribution is -0.107. The number of hydrogen-bond donors (Lipinski definition) is 0. The standard InChI is InChI=1S/C21H28FN3O/c1-6-20(14-13-17(3)22)25(7-2)16-19(11-9-15-26)23-21-12-8-10-18(4)24(21)5/h6,8,10-15H,1,7,9,16H2,2-5H3/b17-13+,19-11-,20-14+,23-21-. The van der Waals surface area contributed by atoms with Crippen molar-refractivity contribution in [2.75, 3.05) is 13.1 Å². The van der Waals surface area contributed by atoms with Crippen LogP contribution in [0.15, 0.2) is 71.3 Å². The lowest BCUT2D eigenvalue weighted by Gasteiger charge is -2.24. The Morgan fingerprint density at radius 1 is 1.38 bits per heavy atom. The Kier molecular flexibility index (Phi) is 9.06. The molecule has 0 unspecified atom stereocenters. The molecule has 0 aliphatic heterocycles. The molecule has 26 heavy (non-hydrogen) atoms. The first-order valence-corrected chi connectivity index (χ1v) is 8.64. The van der Waals surface area contributed by atoms with Crippen LogP contribution in [0.5, 0.6) is 0 Å². The van der Waals surface area contributed by atoms with E-state index in [2.05, 4.69) is 6.58 Å². The number of rotatable bonds is 9. The number of halogens is 1. The SMILES string of the molecule is C=C/C(=C\C=C(/C)F)N(CC)CC(=C/CC=O)/N=c1/cccc(C)n1C. The summed E-state index contributed by atoms with van der Waals surface area (Å²) in [4.78, 5) is 17.6. The topological polar surface area (TPSA) is 37.6 Å². The molecule has 0 bridgehead atoms. The molecule has 0 aromatic carbocycles. The molecular formula is C21H28FN3O. The average Bonchev–Trinajstić information content (AvgIpc) is 2.62. The van der Waals surface area contributed by atoms with Gasteiger partial charge < -0.3 is 14.3 Å². The van der Waals surface area contributed by atoms with Crippen LogP contribution in [0.4, 0.5) is 4.39 Å². The fourth-order valence-corrected chi connectivity index (χ4v) is 2.35. The van der Waals surface area contributed by atoms with Crippen molar-refractivity contribution in [1.29, 1.82) is 0 Å². The minimum Gasteiger partial charge on any atom is -0.366 e. The van der Waals surface area contributed by atoms with Crippen LogP contribution in [-0.4, -0.2) is 28.8 Å². The van der Waals surface area contributed by atoms with Crippen molar-refractivity contribution >= 4 is 6.29 Å². The van der Waals surface area contributed by atoms with Crippen LogP contribution in [0, 0.1) is 6.92 Å². The molecule has 0 aliphatic carbocycles. The molecule has 5 heteroatoms. The summed E-state index contributed by atoms with van der Waals surface area (Å²) in [5.74, 6) is -0.270. The zero-order chi connectivity index (χ0) is 19.5. The quantitative estimate of drug-likeness (QED) is 0.495. The first-order valence-electron chi connectivity index (χ1n) is 8.64. The number of aryl methyl sites for hydroxylation is 1. The van der Waals surface area contributed by atoms with Gasteiger partial charge in [-0.2, -0.15) is 0 Å². The van der Waals surface area contributed by atoms with Gasteiger partial charge in [-0.15, -0.1) is 0 Å². The van der Waals surface area contributed by atoms with E-state index in [1.54, 1.807) is 12.2 Å². The van der Waals surface area contributed by atoms with Crippen LogP contribution in [0.3, 0.4) is 0 Å². The predicted molar refractivity (Wildman–Crippen MR) is 105 cm³/mol. The molecule has 0 fully saturated rings. The Morgan fingerprint density at radius 2 is 2.12 bits per heavy atom. The number of aldehydes is 1. The van der Waals surface area contributed by atoms with Gasteiger partial charge >= 0.3 is 0 Å². The second-order valence-electron chi connectivity index (χ2n) is 5.86. The Hall–Kier alpha value is -2.69. The molecular weight excluding hydrogens is 329 g/mol. The van der Waals surface area contributed by atoms with Crippen molar-refractivity contribution in [2.24, 2.45) is 12.0 Å². The second kappa shape index (κ2) is 11.0. The summed E-state index contributed by atoms with van der Waals surface area (Å²) in [6.45, 7) is 10.4. The average molecular weight is 357 g/mol. The monoisotopic (exact) mass is 357 g/mol. The number of likely N-dealkylation sites (N-methyl/N-ethyl adjacent to an activating group) is 1. The van der Waals surface area contributed by atoms with E-state index in [1.165, 1.54) is 13.0 Å². The first kappa shape index (κ1) is 21.4. The van der Waals surface area contributed by atoms with Gasteiger partial charge in [-0.3, -0.25) is 0 Å². The summed E-state index contributed by atoms with van der Waals surface area (Å²) >= 11 is 0. The Labute approximate surface area is 155 Å². The summed E-state index contributed by atoms with van der Waals surface area (Å²) in [5.41, 5.74) is 3.46. The first-order chi connectivity index (χ1) is 12.4. The van der Waals surface area contributed by atoms with Crippen molar-refractivity contribution in [1.82, 2.24) is 9.47 Å². The van der Waals surface area contributed by atoms with Gasteiger partial charge in [0, 0.05) is 31.4 Å². The van der Waals surface area contributed by atoms with Crippen LogP contribution in [0.1, 0.15) is 26.0 Å². The highest BCUT2D eigenvalue weighted by Gasteiger charge is 2.07. The molecule has 1 heterocycles. The van der Waals surface area contributed by atoms with E-state index in [4.69, 9.17) is 4.99 Å². The maximum absolute atomic E-state index is 13.1. The molecule has 0 saturated carbocycles. The largest absolute Gasteiger partial charge is 0.366 e. The lowest BCUT2D eigenvalue weighted by Crippen LogP contribution is -2.26. The summed E-state index contributed by atoms with van der Waals surface area (Å²) < 4.78 is 15.0. The van der Waals surface area contributed by atoms with Gasteiger partial charge in [-0.25, -0.2) is 9.38 Å². The molecule has 140 valence electrons. The number of hydrogen-bond acceptors (Lipinski definition) is 3. The third kappa shape index (κ3) is 6.67. The van der Waals surface area contributed by atoms with Crippen molar-refractivity contribution in [3.63, 3.8) is 0 Å². The Balaban J connectivity index is 3.27. The predicted octanol–water partition coefficient (Wildman–Crippen LogP) is 3.97. The van der Waals surface area contributed by atoms with Crippen molar-refractivity contribution in [2.45, 2.75) is 27.2 Å². The Morgan fingerprint density at radius 3 is 2.69 bits per heavy atom. The summed E-state index contributed by atoms with van der Waals surface area (Å²) in [5, 5.41) is 0. The van der Waals surface area contributed by atoms with Gasteiger partial charge in [0.15, 0.2) is 0 Å². The number of carbonyl (C=O) groups is 1. The molecule has 1 aromatic heterocycles. The fourth-order valence-electron chi connectivity index (χ4n) is 2.35. The number of allylic oxidation sites excluding steroid dienone is 5. The van der Waals surface area contributed by atoms with E-state index < -0.39 is 0 Å². The van der Waals surface area contributed by atoms with E-state index >= 15 is 0 Å². The third-order valence-corrected chi connectivity index (χ3v) is 3.96. The van der Waals surface area contributed by atoms with Crippen LogP contribution >= 0.6 is 0 Å². The van der Waals surface area contributed by atoms with Crippen LogP contribution in [0.2, 0.25) is 0 Å². The number of pyridine rings is 1. The summed E-state index contributed by atoms with van der Waals surface area (Å²) in [6.07, 6.45) is 7.74. The third-order valence-electron chi connectivity index (χ3n) is 3.96. The van der Waals surface area contributed by atoms with Gasteiger partial charge in [0.25, 0.3) is 0 Å². The maximum atomic E-state index is 13.1. The fraction of sp³-hybridized carbons (Fsp3) is 0.333. The summed E-state index contributed by atoms with van der Waals surface area (Å²) in [6, 6.07) is 5.89. The molecule has 0 aliphatic rings. The molecule has 1 rings (SSSR count). The van der Waals surface area contributed by atoms with Gasteiger partial charge in [0.1, 0.15) is 11.8 Å². The molecule has 0 spiro atoms. The van der Waals surface area contributed by atoms with Crippen LogP contribution < -0.4 is 5.49 Å². The van der Waals surface area contributed by atoms with Gasteiger partial charge in [-0.05, 0) is 51.1 Å². The van der Waals surface area contributed by atoms with E-state index in [0.717, 1.165) is 28.9 Å². The molecule has 4 nitrogen and oxygen atoms in total. The molecule has 0 atom stereocenters. The Bertz CT molecular complexity index is 781. The van der Waals surface area contributed by atoms with Gasteiger partial charge in [0.05, 0.1) is 18.1 Å². The number of nitrogens with zero attached hydrogens (tertiary/aromatic N) is 3. The highest BCUT2D eigenvalue weighted by atomic mass is 19.1. The molecule has 0 N–H and O–H groups in total. The second-order valence-corrected chi connectivity index (χ2v) is 5.86. The summed E-state index contributed by atoms with van der Waals surface area (Å²) in [7, 11) is 1.95. The highest BCUT2D eigenvalue weighted by Crippen LogP contribution is 2.11. The van der Waals surface area contributed by atoms with E-state index in [1.807, 2.05) is 54.6 Å². The minimum absolute atomic E-state index is 0.270. The molecule has 0 amide bonds. The van der Waals surface area contributed by atoms with Crippen molar-refractivity contribution < 1.29 is 9.18 Å². The van der Waals surface area contributed by atoms with Crippen LogP contribution in [-0.2, 0) is 11.8 Å². The lowest BCUT2D eigenvalue weighted by atomic mass is 10.2. The van der Waals surface area contributed by atoms with E-state index in [-0.39, 0.29) is 5.83 Å². The molecule has 1 aromatic rings. The minimum atomic E-state index is -0.270. The smallest absolute Gasteiger partial charge is 0.132 e. The van der Waals surface area contributed by atoms with Crippen LogP contribution in [0.25, 0.3) is 0 Å². The van der Waals surface area contributed by atoms with Crippen molar-refractivity contribution in [3.8, 4) is 0 Å². The molecule has 0 radical (unpaired) electrons.